The number of benzene rings is 1. The van der Waals surface area contributed by atoms with Gasteiger partial charge in [-0.3, -0.25) is 4.72 Å². The molecule has 1 aromatic heterocycles. The van der Waals surface area contributed by atoms with Crippen molar-refractivity contribution in [3.05, 3.63) is 42.0 Å². The van der Waals surface area contributed by atoms with Gasteiger partial charge in [0.2, 0.25) is 10.0 Å². The van der Waals surface area contributed by atoms with Crippen molar-refractivity contribution < 1.29 is 8.42 Å². The van der Waals surface area contributed by atoms with Crippen molar-refractivity contribution in [2.45, 2.75) is 19.4 Å². The van der Waals surface area contributed by atoms with Crippen molar-refractivity contribution >= 4 is 27.3 Å². The molecule has 2 heterocycles. The zero-order valence-electron chi connectivity index (χ0n) is 11.8. The smallest absolute Gasteiger partial charge is 0.231 e. The summed E-state index contributed by atoms with van der Waals surface area (Å²) in [6, 6.07) is 11.9. The molecule has 0 saturated carbocycles. The Morgan fingerprint density at radius 2 is 1.95 bits per heavy atom. The Labute approximate surface area is 123 Å². The van der Waals surface area contributed by atoms with E-state index >= 15 is 0 Å². The molecule has 110 valence electrons. The molecule has 2 aromatic rings. The van der Waals surface area contributed by atoms with Crippen LogP contribution < -0.4 is 9.62 Å². The molecule has 3 rings (SSSR count). The molecule has 21 heavy (non-hydrogen) atoms. The van der Waals surface area contributed by atoms with Crippen molar-refractivity contribution in [2.24, 2.45) is 0 Å². The van der Waals surface area contributed by atoms with Crippen molar-refractivity contribution in [3.8, 4) is 0 Å². The summed E-state index contributed by atoms with van der Waals surface area (Å²) in [6.07, 6.45) is 2.04. The Bertz CT molecular complexity index is 759. The molecule has 0 spiro atoms. The number of aromatic nitrogens is 2. The highest BCUT2D eigenvalue weighted by molar-refractivity contribution is 7.92. The van der Waals surface area contributed by atoms with Gasteiger partial charge in [0.25, 0.3) is 0 Å². The molecular formula is C14H16N4O2S. The molecule has 0 radical (unpaired) electrons. The molecule has 1 unspecified atom stereocenters. The van der Waals surface area contributed by atoms with Crippen molar-refractivity contribution in [1.82, 2.24) is 10.2 Å². The zero-order chi connectivity index (χ0) is 15.0. The van der Waals surface area contributed by atoms with Gasteiger partial charge in [0.05, 0.1) is 6.26 Å². The average molecular weight is 304 g/mol. The number of rotatable bonds is 3. The summed E-state index contributed by atoms with van der Waals surface area (Å²) < 4.78 is 24.6. The molecule has 1 aliphatic heterocycles. The molecule has 1 N–H and O–H groups in total. The number of nitrogens with one attached hydrogen (secondary N) is 1. The number of anilines is 3. The summed E-state index contributed by atoms with van der Waals surface area (Å²) in [4.78, 5) is 2.12. The highest BCUT2D eigenvalue weighted by Crippen LogP contribution is 2.36. The zero-order valence-corrected chi connectivity index (χ0v) is 12.6. The molecule has 6 nitrogen and oxygen atoms in total. The maximum atomic E-state index is 11.2. The van der Waals surface area contributed by atoms with Gasteiger partial charge in [0, 0.05) is 11.7 Å². The van der Waals surface area contributed by atoms with Crippen LogP contribution in [0, 0.1) is 0 Å². The molecule has 1 aliphatic rings. The first-order valence-corrected chi connectivity index (χ1v) is 8.52. The predicted molar refractivity (Wildman–Crippen MR) is 82.2 cm³/mol. The van der Waals surface area contributed by atoms with Crippen LogP contribution in [0.4, 0.5) is 17.3 Å². The van der Waals surface area contributed by atoms with Crippen LogP contribution in [0.25, 0.3) is 0 Å². The first kappa shape index (κ1) is 13.8. The van der Waals surface area contributed by atoms with E-state index in [4.69, 9.17) is 0 Å². The van der Waals surface area contributed by atoms with E-state index in [2.05, 4.69) is 38.9 Å². The fourth-order valence-electron chi connectivity index (χ4n) is 2.61. The number of sulfonamides is 1. The first-order valence-electron chi connectivity index (χ1n) is 6.63. The Hall–Kier alpha value is -2.15. The van der Waals surface area contributed by atoms with Gasteiger partial charge in [-0.1, -0.05) is 18.2 Å². The Morgan fingerprint density at radius 1 is 1.19 bits per heavy atom. The van der Waals surface area contributed by atoms with Gasteiger partial charge in [0.1, 0.15) is 0 Å². The first-order chi connectivity index (χ1) is 9.94. The largest absolute Gasteiger partial charge is 0.321 e. The molecule has 0 saturated heterocycles. The van der Waals surface area contributed by atoms with E-state index in [0.29, 0.717) is 11.9 Å². The van der Waals surface area contributed by atoms with Crippen LogP contribution in [-0.2, 0) is 16.4 Å². The highest BCUT2D eigenvalue weighted by atomic mass is 32.2. The number of nitrogens with zero attached hydrogens (tertiary/aromatic N) is 3. The monoisotopic (exact) mass is 304 g/mol. The van der Waals surface area contributed by atoms with E-state index in [1.165, 1.54) is 5.56 Å². The van der Waals surface area contributed by atoms with Crippen LogP contribution in [0.5, 0.6) is 0 Å². The van der Waals surface area contributed by atoms with E-state index in [1.807, 2.05) is 12.1 Å². The molecule has 1 atom stereocenters. The van der Waals surface area contributed by atoms with Gasteiger partial charge in [-0.2, -0.15) is 0 Å². The van der Waals surface area contributed by atoms with Gasteiger partial charge in [-0.25, -0.2) is 8.42 Å². The summed E-state index contributed by atoms with van der Waals surface area (Å²) in [5.74, 6) is 0.938. The minimum absolute atomic E-state index is 0.224. The van der Waals surface area contributed by atoms with E-state index in [-0.39, 0.29) is 5.82 Å². The predicted octanol–water partition coefficient (Wildman–Crippen LogP) is 1.93. The van der Waals surface area contributed by atoms with Crippen molar-refractivity contribution in [2.75, 3.05) is 15.9 Å². The topological polar surface area (TPSA) is 75.2 Å². The number of hydrogen-bond acceptors (Lipinski definition) is 5. The molecule has 7 heteroatoms. The van der Waals surface area contributed by atoms with E-state index in [9.17, 15) is 8.42 Å². The second-order valence-electron chi connectivity index (χ2n) is 5.20. The van der Waals surface area contributed by atoms with Crippen LogP contribution in [0.15, 0.2) is 36.4 Å². The standard InChI is InChI=1S/C14H16N4O2S/c1-10-9-11-5-3-4-6-12(11)18(10)14-8-7-13(15-16-14)17-21(2,19)20/h3-8,10H,9H2,1-2H3,(H,15,17). The van der Waals surface area contributed by atoms with Gasteiger partial charge in [-0.05, 0) is 37.1 Å². The lowest BCUT2D eigenvalue weighted by Gasteiger charge is -2.23. The third-order valence-electron chi connectivity index (χ3n) is 3.39. The normalized spacial score (nSPS) is 17.6. The third kappa shape index (κ3) is 2.82. The Balaban J connectivity index is 1.91. The van der Waals surface area contributed by atoms with Crippen LogP contribution in [0.2, 0.25) is 0 Å². The lowest BCUT2D eigenvalue weighted by atomic mass is 10.1. The molecular weight excluding hydrogens is 288 g/mol. The molecule has 1 aromatic carbocycles. The number of para-hydroxylation sites is 1. The van der Waals surface area contributed by atoms with Gasteiger partial charge in [0.15, 0.2) is 11.6 Å². The molecule has 0 aliphatic carbocycles. The average Bonchev–Trinajstić information content (AvgIpc) is 2.74. The van der Waals surface area contributed by atoms with E-state index in [0.717, 1.165) is 18.4 Å². The van der Waals surface area contributed by atoms with Crippen LogP contribution >= 0.6 is 0 Å². The Kier molecular flexibility index (Phi) is 3.29. The Morgan fingerprint density at radius 3 is 2.62 bits per heavy atom. The van der Waals surface area contributed by atoms with Crippen LogP contribution in [-0.4, -0.2) is 30.9 Å². The molecule has 0 bridgehead atoms. The van der Waals surface area contributed by atoms with Gasteiger partial charge < -0.3 is 4.90 Å². The van der Waals surface area contributed by atoms with Crippen LogP contribution in [0.3, 0.4) is 0 Å². The maximum Gasteiger partial charge on any atom is 0.231 e. The van der Waals surface area contributed by atoms with Crippen molar-refractivity contribution in [3.63, 3.8) is 0 Å². The van der Waals surface area contributed by atoms with Crippen molar-refractivity contribution in [1.29, 1.82) is 0 Å². The summed E-state index contributed by atoms with van der Waals surface area (Å²) in [5.41, 5.74) is 2.41. The highest BCUT2D eigenvalue weighted by Gasteiger charge is 2.27. The SMILES string of the molecule is CC1Cc2ccccc2N1c1ccc(NS(C)(=O)=O)nn1. The summed E-state index contributed by atoms with van der Waals surface area (Å²) in [5, 5.41) is 8.08. The maximum absolute atomic E-state index is 11.2. The second kappa shape index (κ2) is 5.00. The molecule has 0 fully saturated rings. The number of hydrogen-bond donors (Lipinski definition) is 1. The third-order valence-corrected chi connectivity index (χ3v) is 3.97. The minimum Gasteiger partial charge on any atom is -0.321 e. The lowest BCUT2D eigenvalue weighted by molar-refractivity contribution is 0.606. The fourth-order valence-corrected chi connectivity index (χ4v) is 3.10. The quantitative estimate of drug-likeness (QED) is 0.938. The minimum atomic E-state index is -3.33. The second-order valence-corrected chi connectivity index (χ2v) is 6.95. The lowest BCUT2D eigenvalue weighted by Crippen LogP contribution is -2.25. The molecule has 0 amide bonds. The fraction of sp³-hybridized carbons (Fsp3) is 0.286. The van der Waals surface area contributed by atoms with Crippen LogP contribution in [0.1, 0.15) is 12.5 Å². The summed E-state index contributed by atoms with van der Waals surface area (Å²) >= 11 is 0. The summed E-state index contributed by atoms with van der Waals surface area (Å²) in [7, 11) is -3.33. The van der Waals surface area contributed by atoms with Gasteiger partial charge >= 0.3 is 0 Å². The number of fused-ring (bicyclic) bond motifs is 1. The summed E-state index contributed by atoms with van der Waals surface area (Å²) in [6.45, 7) is 2.13. The van der Waals surface area contributed by atoms with E-state index < -0.39 is 10.0 Å². The van der Waals surface area contributed by atoms with Gasteiger partial charge in [-0.15, -0.1) is 10.2 Å². The van der Waals surface area contributed by atoms with E-state index in [1.54, 1.807) is 12.1 Å².